The zero-order valence-electron chi connectivity index (χ0n) is 20.3. The number of nitro groups is 1. The Morgan fingerprint density at radius 2 is 1.89 bits per heavy atom. The molecule has 0 unspecified atom stereocenters. The third-order valence-corrected chi connectivity index (χ3v) is 6.61. The highest BCUT2D eigenvalue weighted by Gasteiger charge is 2.26. The van der Waals surface area contributed by atoms with E-state index in [0.717, 1.165) is 30.2 Å². The van der Waals surface area contributed by atoms with Crippen molar-refractivity contribution in [3.63, 3.8) is 0 Å². The molecule has 4 rings (SSSR count). The van der Waals surface area contributed by atoms with Crippen LogP contribution < -0.4 is 10.2 Å². The molecule has 0 saturated carbocycles. The van der Waals surface area contributed by atoms with Gasteiger partial charge in [-0.15, -0.1) is 11.3 Å². The van der Waals surface area contributed by atoms with Crippen LogP contribution in [0.5, 0.6) is 0 Å². The van der Waals surface area contributed by atoms with E-state index in [4.69, 9.17) is 13.9 Å². The first kappa shape index (κ1) is 25.9. The fourth-order valence-electron chi connectivity index (χ4n) is 4.02. The number of thiophene rings is 1. The minimum atomic E-state index is -0.880. The molecule has 1 saturated heterocycles. The molecule has 1 fully saturated rings. The molecule has 12 heteroatoms. The number of carbonyl (C=O) groups excluding carboxylic acids is 3. The van der Waals surface area contributed by atoms with E-state index in [9.17, 15) is 24.5 Å². The molecule has 37 heavy (non-hydrogen) atoms. The molecule has 3 heterocycles. The van der Waals surface area contributed by atoms with Gasteiger partial charge < -0.3 is 24.1 Å². The standard InChI is InChI=1S/C25H25N3O8S/c1-3-34-25(31)22-17(20-9-6-15(2)36-20)14-37-23(22)26-21(29)13-35-24(30)16-7-8-18(19(12-16)28(32)33)27-10-4-5-11-27/h6-9,12,14H,3-5,10-11,13H2,1-2H3,(H,26,29). The summed E-state index contributed by atoms with van der Waals surface area (Å²) < 4.78 is 15.8. The highest BCUT2D eigenvalue weighted by atomic mass is 32.1. The van der Waals surface area contributed by atoms with Gasteiger partial charge >= 0.3 is 11.9 Å². The van der Waals surface area contributed by atoms with Gasteiger partial charge in [0.1, 0.15) is 27.8 Å². The highest BCUT2D eigenvalue weighted by Crippen LogP contribution is 2.37. The smallest absolute Gasteiger partial charge is 0.341 e. The number of rotatable bonds is 9. The number of ether oxygens (including phenoxy) is 2. The van der Waals surface area contributed by atoms with Gasteiger partial charge in [-0.25, -0.2) is 9.59 Å². The van der Waals surface area contributed by atoms with Gasteiger partial charge in [-0.3, -0.25) is 14.9 Å². The molecule has 0 radical (unpaired) electrons. The minimum Gasteiger partial charge on any atom is -0.462 e. The van der Waals surface area contributed by atoms with Gasteiger partial charge in [0, 0.05) is 30.1 Å². The van der Waals surface area contributed by atoms with Crippen LogP contribution >= 0.6 is 11.3 Å². The largest absolute Gasteiger partial charge is 0.462 e. The Hall–Kier alpha value is -4.19. The molecule has 2 aromatic heterocycles. The van der Waals surface area contributed by atoms with Gasteiger partial charge in [-0.2, -0.15) is 0 Å². The molecular formula is C25H25N3O8S. The van der Waals surface area contributed by atoms with Crippen molar-refractivity contribution < 1.29 is 33.2 Å². The van der Waals surface area contributed by atoms with Crippen LogP contribution in [0.1, 0.15) is 46.2 Å². The summed E-state index contributed by atoms with van der Waals surface area (Å²) >= 11 is 1.10. The van der Waals surface area contributed by atoms with Crippen molar-refractivity contribution in [2.75, 3.05) is 36.5 Å². The first-order valence-electron chi connectivity index (χ1n) is 11.6. The van der Waals surface area contributed by atoms with Gasteiger partial charge in [0.15, 0.2) is 6.61 Å². The van der Waals surface area contributed by atoms with Crippen molar-refractivity contribution in [1.29, 1.82) is 0 Å². The molecule has 1 N–H and O–H groups in total. The maximum Gasteiger partial charge on any atom is 0.341 e. The van der Waals surface area contributed by atoms with E-state index in [1.165, 1.54) is 12.1 Å². The van der Waals surface area contributed by atoms with Crippen LogP contribution in [0.2, 0.25) is 0 Å². The van der Waals surface area contributed by atoms with E-state index in [2.05, 4.69) is 5.32 Å². The number of benzene rings is 1. The number of aryl methyl sites for hydroxylation is 1. The molecule has 0 aliphatic carbocycles. The predicted octanol–water partition coefficient (Wildman–Crippen LogP) is 4.80. The summed E-state index contributed by atoms with van der Waals surface area (Å²) in [4.78, 5) is 50.7. The van der Waals surface area contributed by atoms with Crippen LogP contribution in [0.3, 0.4) is 0 Å². The summed E-state index contributed by atoms with van der Waals surface area (Å²) in [6.07, 6.45) is 1.89. The average molecular weight is 528 g/mol. The zero-order valence-corrected chi connectivity index (χ0v) is 21.1. The molecule has 1 aliphatic rings. The summed E-state index contributed by atoms with van der Waals surface area (Å²) in [6, 6.07) is 7.58. The predicted molar refractivity (Wildman–Crippen MR) is 136 cm³/mol. The molecular weight excluding hydrogens is 502 g/mol. The second-order valence-corrected chi connectivity index (χ2v) is 9.14. The number of nitro benzene ring substituents is 1. The molecule has 1 aliphatic heterocycles. The number of furan rings is 1. The van der Waals surface area contributed by atoms with Crippen molar-refractivity contribution in [2.45, 2.75) is 26.7 Å². The minimum absolute atomic E-state index is 0.0405. The van der Waals surface area contributed by atoms with Gasteiger partial charge in [0.2, 0.25) is 0 Å². The van der Waals surface area contributed by atoms with Crippen molar-refractivity contribution >= 4 is 45.6 Å². The Kier molecular flexibility index (Phi) is 7.87. The van der Waals surface area contributed by atoms with E-state index in [-0.39, 0.29) is 28.4 Å². The van der Waals surface area contributed by atoms with Crippen molar-refractivity contribution in [3.8, 4) is 11.3 Å². The monoisotopic (exact) mass is 527 g/mol. The highest BCUT2D eigenvalue weighted by molar-refractivity contribution is 7.15. The van der Waals surface area contributed by atoms with Crippen LogP contribution in [0.4, 0.5) is 16.4 Å². The lowest BCUT2D eigenvalue weighted by Gasteiger charge is -2.17. The number of amides is 1. The molecule has 0 spiro atoms. The molecule has 194 valence electrons. The maximum atomic E-state index is 12.6. The van der Waals surface area contributed by atoms with Gasteiger partial charge in [-0.05, 0) is 51.0 Å². The topological polar surface area (TPSA) is 141 Å². The number of nitrogens with one attached hydrogen (secondary N) is 1. The second kappa shape index (κ2) is 11.2. The first-order chi connectivity index (χ1) is 17.8. The van der Waals surface area contributed by atoms with Gasteiger partial charge in [0.25, 0.3) is 11.6 Å². The molecule has 0 bridgehead atoms. The van der Waals surface area contributed by atoms with E-state index < -0.39 is 29.4 Å². The quantitative estimate of drug-likeness (QED) is 0.236. The Morgan fingerprint density at radius 3 is 2.54 bits per heavy atom. The SMILES string of the molecule is CCOC(=O)c1c(-c2ccc(C)o2)csc1NC(=O)COC(=O)c1ccc(N2CCCC2)c([N+](=O)[O-])c1. The number of hydrogen-bond donors (Lipinski definition) is 1. The van der Waals surface area contributed by atoms with E-state index in [1.54, 1.807) is 31.4 Å². The molecule has 11 nitrogen and oxygen atoms in total. The summed E-state index contributed by atoms with van der Waals surface area (Å²) in [5, 5.41) is 16.0. The van der Waals surface area contributed by atoms with E-state index >= 15 is 0 Å². The molecule has 3 aromatic rings. The number of esters is 2. The summed E-state index contributed by atoms with van der Waals surface area (Å²) in [5.74, 6) is -1.10. The maximum absolute atomic E-state index is 12.6. The van der Waals surface area contributed by atoms with Gasteiger partial charge in [-0.1, -0.05) is 0 Å². The van der Waals surface area contributed by atoms with Crippen LogP contribution in [-0.4, -0.2) is 49.1 Å². The zero-order chi connectivity index (χ0) is 26.5. The lowest BCUT2D eigenvalue weighted by Crippen LogP contribution is -2.22. The van der Waals surface area contributed by atoms with Crippen molar-refractivity contribution in [2.24, 2.45) is 0 Å². The number of carbonyl (C=O) groups is 3. The number of nitrogens with zero attached hydrogens (tertiary/aromatic N) is 2. The number of anilines is 2. The van der Waals surface area contributed by atoms with Gasteiger partial charge in [0.05, 0.1) is 17.1 Å². The Balaban J connectivity index is 1.45. The van der Waals surface area contributed by atoms with Crippen LogP contribution in [0, 0.1) is 17.0 Å². The van der Waals surface area contributed by atoms with E-state index in [0.29, 0.717) is 35.9 Å². The molecule has 1 amide bonds. The van der Waals surface area contributed by atoms with Crippen molar-refractivity contribution in [1.82, 2.24) is 0 Å². The fourth-order valence-corrected chi connectivity index (χ4v) is 4.97. The Morgan fingerprint density at radius 1 is 1.14 bits per heavy atom. The average Bonchev–Trinajstić information content (AvgIpc) is 3.63. The van der Waals surface area contributed by atoms with E-state index in [1.807, 2.05) is 4.90 Å². The number of hydrogen-bond acceptors (Lipinski definition) is 10. The lowest BCUT2D eigenvalue weighted by molar-refractivity contribution is -0.384. The first-order valence-corrected chi connectivity index (χ1v) is 12.5. The third-order valence-electron chi connectivity index (χ3n) is 5.72. The summed E-state index contributed by atoms with van der Waals surface area (Å²) in [7, 11) is 0. The fraction of sp³-hybridized carbons (Fsp3) is 0.320. The Bertz CT molecular complexity index is 1340. The normalized spacial score (nSPS) is 12.9. The van der Waals surface area contributed by atoms with Crippen molar-refractivity contribution in [3.05, 3.63) is 62.7 Å². The summed E-state index contributed by atoms with van der Waals surface area (Å²) in [6.45, 7) is 4.34. The lowest BCUT2D eigenvalue weighted by atomic mass is 10.1. The third kappa shape index (κ3) is 5.80. The molecule has 1 aromatic carbocycles. The van der Waals surface area contributed by atoms with Crippen LogP contribution in [0.25, 0.3) is 11.3 Å². The van der Waals surface area contributed by atoms with Crippen LogP contribution in [-0.2, 0) is 14.3 Å². The van der Waals surface area contributed by atoms with Crippen LogP contribution in [0.15, 0.2) is 40.1 Å². The second-order valence-electron chi connectivity index (χ2n) is 8.26. The summed E-state index contributed by atoms with van der Waals surface area (Å²) in [5.41, 5.74) is 0.812. The Labute approximate surface area is 216 Å². The molecule has 0 atom stereocenters.